The third-order valence-corrected chi connectivity index (χ3v) is 3.25. The average molecular weight is 208 g/mol. The molecule has 4 heteroatoms. The van der Waals surface area contributed by atoms with Gasteiger partial charge in [-0.2, -0.15) is 5.10 Å². The minimum atomic E-state index is 0.238. The molecule has 1 fully saturated rings. The van der Waals surface area contributed by atoms with Gasteiger partial charge >= 0.3 is 0 Å². The Morgan fingerprint density at radius 1 is 1.40 bits per heavy atom. The molecule has 1 saturated heterocycles. The first kappa shape index (κ1) is 10.6. The Kier molecular flexibility index (Phi) is 3.07. The maximum absolute atomic E-state index is 6.23. The Morgan fingerprint density at radius 3 is 2.87 bits per heavy atom. The van der Waals surface area contributed by atoms with E-state index < -0.39 is 0 Å². The molecule has 2 unspecified atom stereocenters. The maximum Gasteiger partial charge on any atom is 0.0538 e. The van der Waals surface area contributed by atoms with Gasteiger partial charge in [0.05, 0.1) is 12.2 Å². The molecular formula is C11H20N4. The van der Waals surface area contributed by atoms with Gasteiger partial charge in [-0.15, -0.1) is 0 Å². The van der Waals surface area contributed by atoms with Gasteiger partial charge in [0, 0.05) is 24.8 Å². The van der Waals surface area contributed by atoms with Crippen molar-refractivity contribution in [2.45, 2.75) is 31.3 Å². The summed E-state index contributed by atoms with van der Waals surface area (Å²) < 4.78 is 1.85. The van der Waals surface area contributed by atoms with Crippen LogP contribution in [-0.4, -0.2) is 34.3 Å². The molecule has 0 aromatic carbocycles. The Bertz CT molecular complexity index is 308. The van der Waals surface area contributed by atoms with Crippen LogP contribution in [-0.2, 0) is 7.05 Å². The second kappa shape index (κ2) is 4.33. The van der Waals surface area contributed by atoms with E-state index in [0.717, 1.165) is 13.0 Å². The van der Waals surface area contributed by atoms with Gasteiger partial charge in [0.15, 0.2) is 0 Å². The quantitative estimate of drug-likeness (QED) is 0.746. The van der Waals surface area contributed by atoms with Crippen LogP contribution >= 0.6 is 0 Å². The largest absolute Gasteiger partial charge is 0.326 e. The molecule has 1 aromatic heterocycles. The molecule has 0 aliphatic carbocycles. The summed E-state index contributed by atoms with van der Waals surface area (Å²) in [6, 6.07) is 0.572. The van der Waals surface area contributed by atoms with Crippen LogP contribution in [0.2, 0.25) is 0 Å². The average Bonchev–Trinajstić information content (AvgIpc) is 2.52. The van der Waals surface area contributed by atoms with Crippen LogP contribution in [0.5, 0.6) is 0 Å². The highest BCUT2D eigenvalue weighted by Crippen LogP contribution is 2.27. The number of rotatable bonds is 1. The van der Waals surface area contributed by atoms with E-state index >= 15 is 0 Å². The molecule has 0 saturated carbocycles. The number of likely N-dealkylation sites (tertiary alicyclic amines) is 1. The molecule has 1 aromatic rings. The van der Waals surface area contributed by atoms with Crippen LogP contribution in [0.1, 0.15) is 30.9 Å². The van der Waals surface area contributed by atoms with E-state index in [9.17, 15) is 0 Å². The van der Waals surface area contributed by atoms with Gasteiger partial charge in [-0.25, -0.2) is 0 Å². The second-order valence-corrected chi connectivity index (χ2v) is 4.53. The lowest BCUT2D eigenvalue weighted by molar-refractivity contribution is 0.230. The molecule has 2 heterocycles. The van der Waals surface area contributed by atoms with E-state index in [0.29, 0.717) is 6.04 Å². The first-order chi connectivity index (χ1) is 7.18. The van der Waals surface area contributed by atoms with Crippen molar-refractivity contribution in [3.63, 3.8) is 0 Å². The Balaban J connectivity index is 2.23. The van der Waals surface area contributed by atoms with Gasteiger partial charge in [0.1, 0.15) is 0 Å². The fourth-order valence-corrected chi connectivity index (χ4v) is 2.46. The smallest absolute Gasteiger partial charge is 0.0538 e. The molecule has 2 rings (SSSR count). The molecule has 4 nitrogen and oxygen atoms in total. The highest BCUT2D eigenvalue weighted by molar-refractivity contribution is 5.13. The second-order valence-electron chi connectivity index (χ2n) is 4.53. The number of hydrogen-bond donors (Lipinski definition) is 1. The van der Waals surface area contributed by atoms with E-state index in [1.165, 1.54) is 18.4 Å². The zero-order chi connectivity index (χ0) is 10.8. The standard InChI is InChI=1S/C11H20N4/c1-14-6-4-3-5-10(12)11(14)9-7-13-15(2)8-9/h7-8,10-11H,3-6,12H2,1-2H3. The van der Waals surface area contributed by atoms with Crippen LogP contribution in [0.15, 0.2) is 12.4 Å². The summed E-state index contributed by atoms with van der Waals surface area (Å²) in [6.45, 7) is 1.13. The number of likely N-dealkylation sites (N-methyl/N-ethyl adjacent to an activating group) is 1. The number of nitrogens with two attached hydrogens (primary N) is 1. The van der Waals surface area contributed by atoms with Gasteiger partial charge in [-0.1, -0.05) is 6.42 Å². The normalized spacial score (nSPS) is 29.0. The molecular weight excluding hydrogens is 188 g/mol. The van der Waals surface area contributed by atoms with Crippen LogP contribution < -0.4 is 5.73 Å². The van der Waals surface area contributed by atoms with Crippen molar-refractivity contribution in [3.8, 4) is 0 Å². The lowest BCUT2D eigenvalue weighted by Gasteiger charge is -2.29. The fourth-order valence-electron chi connectivity index (χ4n) is 2.46. The van der Waals surface area contributed by atoms with Crippen molar-refractivity contribution in [2.75, 3.05) is 13.6 Å². The highest BCUT2D eigenvalue weighted by atomic mass is 15.2. The van der Waals surface area contributed by atoms with Crippen LogP contribution in [0.25, 0.3) is 0 Å². The van der Waals surface area contributed by atoms with Crippen molar-refractivity contribution in [2.24, 2.45) is 12.8 Å². The fraction of sp³-hybridized carbons (Fsp3) is 0.727. The van der Waals surface area contributed by atoms with Gasteiger partial charge in [-0.3, -0.25) is 9.58 Å². The molecule has 2 atom stereocenters. The zero-order valence-corrected chi connectivity index (χ0v) is 9.56. The third kappa shape index (κ3) is 2.21. The van der Waals surface area contributed by atoms with Gasteiger partial charge in [-0.05, 0) is 26.4 Å². The molecule has 84 valence electrons. The van der Waals surface area contributed by atoms with Crippen molar-refractivity contribution in [1.29, 1.82) is 0 Å². The molecule has 0 bridgehead atoms. The van der Waals surface area contributed by atoms with Crippen molar-refractivity contribution in [1.82, 2.24) is 14.7 Å². The predicted octanol–water partition coefficient (Wildman–Crippen LogP) is 0.904. The Hall–Kier alpha value is -0.870. The SMILES string of the molecule is CN1CCCCC(N)C1c1cnn(C)c1. The number of aromatic nitrogens is 2. The molecule has 0 spiro atoms. The van der Waals surface area contributed by atoms with E-state index in [2.05, 4.69) is 23.2 Å². The van der Waals surface area contributed by atoms with Crippen LogP contribution in [0.4, 0.5) is 0 Å². The number of hydrogen-bond acceptors (Lipinski definition) is 3. The molecule has 2 N–H and O–H groups in total. The lowest BCUT2D eigenvalue weighted by atomic mass is 9.99. The summed E-state index contributed by atoms with van der Waals surface area (Å²) in [5.74, 6) is 0. The molecule has 15 heavy (non-hydrogen) atoms. The Morgan fingerprint density at radius 2 is 2.20 bits per heavy atom. The first-order valence-electron chi connectivity index (χ1n) is 5.63. The molecule has 0 amide bonds. The van der Waals surface area contributed by atoms with Crippen molar-refractivity contribution in [3.05, 3.63) is 18.0 Å². The third-order valence-electron chi connectivity index (χ3n) is 3.25. The molecule has 1 aliphatic heterocycles. The molecule has 1 aliphatic rings. The number of nitrogens with zero attached hydrogens (tertiary/aromatic N) is 3. The minimum absolute atomic E-state index is 0.238. The summed E-state index contributed by atoms with van der Waals surface area (Å²) >= 11 is 0. The summed E-state index contributed by atoms with van der Waals surface area (Å²) in [4.78, 5) is 2.36. The van der Waals surface area contributed by atoms with Gasteiger partial charge in [0.25, 0.3) is 0 Å². The zero-order valence-electron chi connectivity index (χ0n) is 9.56. The summed E-state index contributed by atoms with van der Waals surface area (Å²) in [7, 11) is 4.11. The van der Waals surface area contributed by atoms with Gasteiger partial charge in [0.2, 0.25) is 0 Å². The van der Waals surface area contributed by atoms with E-state index in [4.69, 9.17) is 5.73 Å². The summed E-state index contributed by atoms with van der Waals surface area (Å²) in [5.41, 5.74) is 7.48. The highest BCUT2D eigenvalue weighted by Gasteiger charge is 2.27. The summed E-state index contributed by atoms with van der Waals surface area (Å²) in [5, 5.41) is 4.23. The van der Waals surface area contributed by atoms with Crippen molar-refractivity contribution >= 4 is 0 Å². The van der Waals surface area contributed by atoms with E-state index in [1.807, 2.05) is 17.9 Å². The van der Waals surface area contributed by atoms with E-state index in [-0.39, 0.29) is 6.04 Å². The van der Waals surface area contributed by atoms with Gasteiger partial charge < -0.3 is 5.73 Å². The van der Waals surface area contributed by atoms with Crippen LogP contribution in [0.3, 0.4) is 0 Å². The number of aryl methyl sites for hydroxylation is 1. The predicted molar refractivity (Wildman–Crippen MR) is 60.4 cm³/mol. The van der Waals surface area contributed by atoms with Crippen LogP contribution in [0, 0.1) is 0 Å². The minimum Gasteiger partial charge on any atom is -0.326 e. The van der Waals surface area contributed by atoms with E-state index in [1.54, 1.807) is 0 Å². The molecule has 0 radical (unpaired) electrons. The summed E-state index contributed by atoms with van der Waals surface area (Å²) in [6.07, 6.45) is 7.62. The lowest BCUT2D eigenvalue weighted by Crippen LogP contribution is -2.37. The van der Waals surface area contributed by atoms with Crippen molar-refractivity contribution < 1.29 is 0 Å². The Labute approximate surface area is 91.1 Å². The monoisotopic (exact) mass is 208 g/mol. The topological polar surface area (TPSA) is 47.1 Å². The maximum atomic E-state index is 6.23. The first-order valence-corrected chi connectivity index (χ1v) is 5.63.